The minimum Gasteiger partial charge on any atom is -0.378 e. The van der Waals surface area contributed by atoms with E-state index in [1.807, 2.05) is 24.4 Å². The SMILES string of the molecule is FC(F)c1cccc(/C=N/Nc2cc(N3CCOCC3)c3nc(-c4ccncc4)cn3n2)c1. The molecule has 1 aliphatic heterocycles. The number of nitrogens with zero attached hydrogens (tertiary/aromatic N) is 6. The molecule has 4 aromatic rings. The molecule has 1 aromatic carbocycles. The standard InChI is InChI=1S/C23H21F2N7O/c24-22(25)18-3-1-2-16(12-18)14-27-29-21-13-20(31-8-10-33-11-9-31)23-28-19(15-32(23)30-21)17-4-6-26-7-5-17/h1-7,12-15,22H,8-11H2,(H,29,30)/b27-14+. The van der Waals surface area contributed by atoms with Crippen LogP contribution in [0.1, 0.15) is 17.6 Å². The molecule has 0 unspecified atom stereocenters. The average Bonchev–Trinajstić information content (AvgIpc) is 3.29. The lowest BCUT2D eigenvalue weighted by molar-refractivity contribution is 0.123. The second-order valence-corrected chi connectivity index (χ2v) is 7.49. The number of ether oxygens (including phenoxy) is 1. The quantitative estimate of drug-likeness (QED) is 0.354. The van der Waals surface area contributed by atoms with E-state index in [4.69, 9.17) is 9.72 Å². The van der Waals surface area contributed by atoms with Crippen molar-refractivity contribution in [2.45, 2.75) is 6.43 Å². The number of rotatable bonds is 6. The predicted octanol–water partition coefficient (Wildman–Crippen LogP) is 4.01. The van der Waals surface area contributed by atoms with E-state index in [1.165, 1.54) is 18.3 Å². The van der Waals surface area contributed by atoms with Crippen molar-refractivity contribution in [3.63, 3.8) is 0 Å². The number of hydrogen-bond donors (Lipinski definition) is 1. The summed E-state index contributed by atoms with van der Waals surface area (Å²) in [5, 5.41) is 8.79. The Hall–Kier alpha value is -3.92. The number of fused-ring (bicyclic) bond motifs is 1. The number of anilines is 2. The van der Waals surface area contributed by atoms with Gasteiger partial charge in [0.2, 0.25) is 0 Å². The van der Waals surface area contributed by atoms with Crippen molar-refractivity contribution in [1.82, 2.24) is 19.6 Å². The Bertz CT molecular complexity index is 1270. The van der Waals surface area contributed by atoms with Crippen molar-refractivity contribution in [2.75, 3.05) is 36.6 Å². The second-order valence-electron chi connectivity index (χ2n) is 7.49. The maximum absolute atomic E-state index is 12.9. The average molecular weight is 449 g/mol. The summed E-state index contributed by atoms with van der Waals surface area (Å²) in [7, 11) is 0. The Morgan fingerprint density at radius 3 is 2.70 bits per heavy atom. The molecule has 10 heteroatoms. The van der Waals surface area contributed by atoms with E-state index >= 15 is 0 Å². The van der Waals surface area contributed by atoms with Crippen LogP contribution in [0.2, 0.25) is 0 Å². The first kappa shape index (κ1) is 21.0. The van der Waals surface area contributed by atoms with Gasteiger partial charge in [0, 0.05) is 42.7 Å². The molecule has 0 bridgehead atoms. The fourth-order valence-electron chi connectivity index (χ4n) is 3.66. The lowest BCUT2D eigenvalue weighted by Gasteiger charge is -2.29. The fourth-order valence-corrected chi connectivity index (χ4v) is 3.66. The monoisotopic (exact) mass is 449 g/mol. The van der Waals surface area contributed by atoms with Crippen LogP contribution in [-0.2, 0) is 4.74 Å². The summed E-state index contributed by atoms with van der Waals surface area (Å²) in [5.41, 5.74) is 6.79. The summed E-state index contributed by atoms with van der Waals surface area (Å²) in [6.07, 6.45) is 4.26. The predicted molar refractivity (Wildman–Crippen MR) is 122 cm³/mol. The topological polar surface area (TPSA) is 79.9 Å². The van der Waals surface area contributed by atoms with Gasteiger partial charge in [-0.25, -0.2) is 18.3 Å². The maximum atomic E-state index is 12.9. The number of halogens is 2. The van der Waals surface area contributed by atoms with E-state index in [2.05, 4.69) is 25.5 Å². The normalized spacial score (nSPS) is 14.5. The zero-order chi connectivity index (χ0) is 22.6. The first-order chi connectivity index (χ1) is 16.2. The largest absolute Gasteiger partial charge is 0.378 e. The molecule has 1 saturated heterocycles. The van der Waals surface area contributed by atoms with Gasteiger partial charge < -0.3 is 9.64 Å². The van der Waals surface area contributed by atoms with Crippen LogP contribution in [0.15, 0.2) is 66.2 Å². The van der Waals surface area contributed by atoms with E-state index in [-0.39, 0.29) is 5.56 Å². The minimum absolute atomic E-state index is 0.0462. The number of aromatic nitrogens is 4. The summed E-state index contributed by atoms with van der Waals surface area (Å²) in [4.78, 5) is 11.1. The van der Waals surface area contributed by atoms with Crippen LogP contribution in [-0.4, -0.2) is 52.1 Å². The summed E-state index contributed by atoms with van der Waals surface area (Å²) in [5.74, 6) is 0.504. The smallest absolute Gasteiger partial charge is 0.263 e. The summed E-state index contributed by atoms with van der Waals surface area (Å²) in [6.45, 7) is 2.74. The third kappa shape index (κ3) is 4.65. The molecule has 4 heterocycles. The molecule has 33 heavy (non-hydrogen) atoms. The third-order valence-electron chi connectivity index (χ3n) is 5.29. The van der Waals surface area contributed by atoms with Crippen LogP contribution >= 0.6 is 0 Å². The van der Waals surface area contributed by atoms with E-state index in [9.17, 15) is 8.78 Å². The number of benzene rings is 1. The highest BCUT2D eigenvalue weighted by Gasteiger charge is 2.18. The highest BCUT2D eigenvalue weighted by molar-refractivity contribution is 5.81. The molecule has 0 radical (unpaired) electrons. The lowest BCUT2D eigenvalue weighted by Crippen LogP contribution is -2.36. The summed E-state index contributed by atoms with van der Waals surface area (Å²) >= 11 is 0. The maximum Gasteiger partial charge on any atom is 0.263 e. The molecule has 3 aromatic heterocycles. The van der Waals surface area contributed by atoms with E-state index in [0.717, 1.165) is 35.7 Å². The van der Waals surface area contributed by atoms with Crippen molar-refractivity contribution < 1.29 is 13.5 Å². The lowest BCUT2D eigenvalue weighted by atomic mass is 10.1. The van der Waals surface area contributed by atoms with Crippen molar-refractivity contribution in [3.05, 3.63) is 72.2 Å². The molecule has 5 rings (SSSR count). The first-order valence-corrected chi connectivity index (χ1v) is 10.5. The zero-order valence-electron chi connectivity index (χ0n) is 17.6. The van der Waals surface area contributed by atoms with Crippen molar-refractivity contribution >= 4 is 23.4 Å². The van der Waals surface area contributed by atoms with Gasteiger partial charge in [-0.2, -0.15) is 5.10 Å². The number of hydrazone groups is 1. The number of imidazole rings is 1. The molecule has 0 atom stereocenters. The molecule has 1 aliphatic rings. The van der Waals surface area contributed by atoms with Gasteiger partial charge in [0.15, 0.2) is 11.5 Å². The van der Waals surface area contributed by atoms with E-state index in [0.29, 0.717) is 24.6 Å². The Balaban J connectivity index is 1.47. The van der Waals surface area contributed by atoms with Crippen LogP contribution in [0.25, 0.3) is 16.9 Å². The van der Waals surface area contributed by atoms with Gasteiger partial charge in [0.25, 0.3) is 6.43 Å². The van der Waals surface area contributed by atoms with E-state index in [1.54, 1.807) is 29.0 Å². The number of hydrogen-bond acceptors (Lipinski definition) is 7. The second kappa shape index (κ2) is 9.29. The zero-order valence-corrected chi connectivity index (χ0v) is 17.6. The van der Waals surface area contributed by atoms with Gasteiger partial charge in [0.1, 0.15) is 0 Å². The number of nitrogens with one attached hydrogen (secondary N) is 1. The molecule has 1 N–H and O–H groups in total. The Labute approximate surface area is 188 Å². The summed E-state index contributed by atoms with van der Waals surface area (Å²) < 4.78 is 33.1. The van der Waals surface area contributed by atoms with Gasteiger partial charge in [-0.1, -0.05) is 18.2 Å². The number of pyridine rings is 1. The van der Waals surface area contributed by atoms with Crippen LogP contribution in [0.5, 0.6) is 0 Å². The molecular formula is C23H21F2N7O. The van der Waals surface area contributed by atoms with Crippen LogP contribution < -0.4 is 10.3 Å². The van der Waals surface area contributed by atoms with Gasteiger partial charge in [-0.15, -0.1) is 5.10 Å². The number of morpholine rings is 1. The van der Waals surface area contributed by atoms with Crippen LogP contribution in [0.3, 0.4) is 0 Å². The highest BCUT2D eigenvalue weighted by Crippen LogP contribution is 2.28. The molecule has 8 nitrogen and oxygen atoms in total. The Morgan fingerprint density at radius 1 is 1.09 bits per heavy atom. The van der Waals surface area contributed by atoms with E-state index < -0.39 is 6.43 Å². The molecule has 168 valence electrons. The molecule has 0 aliphatic carbocycles. The highest BCUT2D eigenvalue weighted by atomic mass is 19.3. The van der Waals surface area contributed by atoms with Gasteiger partial charge in [-0.05, 0) is 23.8 Å². The van der Waals surface area contributed by atoms with Gasteiger partial charge in [-0.3, -0.25) is 10.4 Å². The Kier molecular flexibility index (Phi) is 5.90. The van der Waals surface area contributed by atoms with Crippen molar-refractivity contribution in [2.24, 2.45) is 5.10 Å². The molecular weight excluding hydrogens is 428 g/mol. The first-order valence-electron chi connectivity index (χ1n) is 10.5. The fraction of sp³-hybridized carbons (Fsp3) is 0.217. The van der Waals surface area contributed by atoms with Crippen LogP contribution in [0, 0.1) is 0 Å². The summed E-state index contributed by atoms with van der Waals surface area (Å²) in [6, 6.07) is 11.8. The molecule has 1 fully saturated rings. The van der Waals surface area contributed by atoms with Crippen LogP contribution in [0.4, 0.5) is 20.3 Å². The Morgan fingerprint density at radius 2 is 1.91 bits per heavy atom. The van der Waals surface area contributed by atoms with Crippen molar-refractivity contribution in [3.8, 4) is 11.3 Å². The molecule has 0 saturated carbocycles. The van der Waals surface area contributed by atoms with Crippen molar-refractivity contribution in [1.29, 1.82) is 0 Å². The van der Waals surface area contributed by atoms with Gasteiger partial charge >= 0.3 is 0 Å². The minimum atomic E-state index is -2.53. The number of alkyl halides is 2. The van der Waals surface area contributed by atoms with Gasteiger partial charge in [0.05, 0.1) is 37.0 Å². The molecule has 0 spiro atoms. The third-order valence-corrected chi connectivity index (χ3v) is 5.29. The molecule has 0 amide bonds.